The number of nitriles is 1. The highest BCUT2D eigenvalue weighted by atomic mass is 35.5. The maximum atomic E-state index is 12.5. The molecule has 1 aliphatic rings. The number of hydrogen-bond acceptors (Lipinski definition) is 4. The molecule has 0 bridgehead atoms. The van der Waals surface area contributed by atoms with Crippen LogP contribution in [0.5, 0.6) is 0 Å². The molecular formula is C22H25ClN4O. The SMILES string of the molecule is CC(NC(=O)CN1CCCN(c2ccc(C#N)cc2)CC1)c1ccc(Cl)cc1. The van der Waals surface area contributed by atoms with Gasteiger partial charge in [0.1, 0.15) is 0 Å². The van der Waals surface area contributed by atoms with Gasteiger partial charge in [0.05, 0.1) is 24.2 Å². The average Bonchev–Trinajstić information content (AvgIpc) is 2.94. The highest BCUT2D eigenvalue weighted by Gasteiger charge is 2.18. The predicted molar refractivity (Wildman–Crippen MR) is 112 cm³/mol. The minimum Gasteiger partial charge on any atom is -0.370 e. The van der Waals surface area contributed by atoms with Crippen LogP contribution in [0.4, 0.5) is 5.69 Å². The number of halogens is 1. The van der Waals surface area contributed by atoms with Crippen molar-refractivity contribution in [3.05, 3.63) is 64.7 Å². The van der Waals surface area contributed by atoms with Crippen molar-refractivity contribution >= 4 is 23.2 Å². The van der Waals surface area contributed by atoms with E-state index in [1.807, 2.05) is 55.5 Å². The van der Waals surface area contributed by atoms with Gasteiger partial charge in [0.2, 0.25) is 5.91 Å². The van der Waals surface area contributed by atoms with Gasteiger partial charge in [-0.3, -0.25) is 9.69 Å². The van der Waals surface area contributed by atoms with E-state index in [4.69, 9.17) is 16.9 Å². The van der Waals surface area contributed by atoms with Gasteiger partial charge in [0.15, 0.2) is 0 Å². The third-order valence-corrected chi connectivity index (χ3v) is 5.32. The van der Waals surface area contributed by atoms with E-state index < -0.39 is 0 Å². The number of rotatable bonds is 5. The van der Waals surface area contributed by atoms with E-state index in [9.17, 15) is 4.79 Å². The second-order valence-electron chi connectivity index (χ2n) is 7.12. The Hall–Kier alpha value is -2.55. The average molecular weight is 397 g/mol. The number of carbonyl (C=O) groups is 1. The molecule has 1 fully saturated rings. The number of amides is 1. The molecule has 1 amide bonds. The van der Waals surface area contributed by atoms with E-state index in [1.54, 1.807) is 0 Å². The lowest BCUT2D eigenvalue weighted by atomic mass is 10.1. The summed E-state index contributed by atoms with van der Waals surface area (Å²) < 4.78 is 0. The van der Waals surface area contributed by atoms with Crippen LogP contribution in [0.25, 0.3) is 0 Å². The zero-order chi connectivity index (χ0) is 19.9. The molecule has 0 aromatic heterocycles. The Bertz CT molecular complexity index is 829. The summed E-state index contributed by atoms with van der Waals surface area (Å²) in [6, 6.07) is 17.3. The molecule has 5 nitrogen and oxygen atoms in total. The summed E-state index contributed by atoms with van der Waals surface area (Å²) in [5, 5.41) is 12.7. The van der Waals surface area contributed by atoms with E-state index in [2.05, 4.69) is 21.2 Å². The minimum absolute atomic E-state index is 0.0364. The first kappa shape index (κ1) is 20.2. The lowest BCUT2D eigenvalue weighted by Crippen LogP contribution is -2.40. The van der Waals surface area contributed by atoms with Crippen molar-refractivity contribution in [2.45, 2.75) is 19.4 Å². The van der Waals surface area contributed by atoms with E-state index in [0.717, 1.165) is 43.9 Å². The summed E-state index contributed by atoms with van der Waals surface area (Å²) in [6.45, 7) is 5.94. The highest BCUT2D eigenvalue weighted by molar-refractivity contribution is 6.30. The summed E-state index contributed by atoms with van der Waals surface area (Å²) in [5.74, 6) is 0.0364. The molecule has 0 radical (unpaired) electrons. The number of carbonyl (C=O) groups excluding carboxylic acids is 1. The largest absolute Gasteiger partial charge is 0.370 e. The second kappa shape index (κ2) is 9.59. The summed E-state index contributed by atoms with van der Waals surface area (Å²) >= 11 is 5.93. The fourth-order valence-electron chi connectivity index (χ4n) is 3.46. The first-order valence-electron chi connectivity index (χ1n) is 9.57. The molecular weight excluding hydrogens is 372 g/mol. The van der Waals surface area contributed by atoms with Gasteiger partial charge in [0, 0.05) is 36.9 Å². The molecule has 1 N–H and O–H groups in total. The van der Waals surface area contributed by atoms with Crippen molar-refractivity contribution < 1.29 is 4.79 Å². The van der Waals surface area contributed by atoms with Crippen LogP contribution in [0.15, 0.2) is 48.5 Å². The van der Waals surface area contributed by atoms with Crippen LogP contribution in [0.1, 0.15) is 30.5 Å². The third kappa shape index (κ3) is 5.48. The van der Waals surface area contributed by atoms with Gasteiger partial charge in [-0.25, -0.2) is 0 Å². The molecule has 6 heteroatoms. The summed E-state index contributed by atoms with van der Waals surface area (Å²) in [5.41, 5.74) is 2.84. The van der Waals surface area contributed by atoms with Crippen molar-refractivity contribution in [2.75, 3.05) is 37.6 Å². The number of nitrogens with one attached hydrogen (secondary N) is 1. The van der Waals surface area contributed by atoms with Gasteiger partial charge in [-0.2, -0.15) is 5.26 Å². The lowest BCUT2D eigenvalue weighted by Gasteiger charge is -2.24. The molecule has 28 heavy (non-hydrogen) atoms. The van der Waals surface area contributed by atoms with Crippen molar-refractivity contribution in [2.24, 2.45) is 0 Å². The van der Waals surface area contributed by atoms with Gasteiger partial charge < -0.3 is 10.2 Å². The maximum Gasteiger partial charge on any atom is 0.234 e. The summed E-state index contributed by atoms with van der Waals surface area (Å²) in [4.78, 5) is 17.0. The Morgan fingerprint density at radius 3 is 2.50 bits per heavy atom. The van der Waals surface area contributed by atoms with Crippen LogP contribution >= 0.6 is 11.6 Å². The molecule has 1 unspecified atom stereocenters. The minimum atomic E-state index is -0.0492. The van der Waals surface area contributed by atoms with Crippen molar-refractivity contribution in [1.82, 2.24) is 10.2 Å². The monoisotopic (exact) mass is 396 g/mol. The van der Waals surface area contributed by atoms with E-state index in [1.165, 1.54) is 0 Å². The molecule has 2 aromatic rings. The molecule has 2 aromatic carbocycles. The molecule has 1 aliphatic heterocycles. The van der Waals surface area contributed by atoms with Gasteiger partial charge in [-0.1, -0.05) is 23.7 Å². The fourth-order valence-corrected chi connectivity index (χ4v) is 3.59. The van der Waals surface area contributed by atoms with Crippen molar-refractivity contribution in [1.29, 1.82) is 5.26 Å². The van der Waals surface area contributed by atoms with E-state index >= 15 is 0 Å². The predicted octanol–water partition coefficient (Wildman–Crippen LogP) is 3.60. The molecule has 1 saturated heterocycles. The van der Waals surface area contributed by atoms with Crippen LogP contribution in [0, 0.1) is 11.3 Å². The smallest absolute Gasteiger partial charge is 0.234 e. The Morgan fingerprint density at radius 1 is 1.11 bits per heavy atom. The van der Waals surface area contributed by atoms with Crippen molar-refractivity contribution in [3.63, 3.8) is 0 Å². The van der Waals surface area contributed by atoms with Crippen LogP contribution in [0.2, 0.25) is 5.02 Å². The molecule has 0 aliphatic carbocycles. The lowest BCUT2D eigenvalue weighted by molar-refractivity contribution is -0.122. The summed E-state index contributed by atoms with van der Waals surface area (Å²) in [7, 11) is 0. The van der Waals surface area contributed by atoms with Crippen LogP contribution in [-0.4, -0.2) is 43.5 Å². The molecule has 146 valence electrons. The number of anilines is 1. The molecule has 0 saturated carbocycles. The summed E-state index contributed by atoms with van der Waals surface area (Å²) in [6.07, 6.45) is 1.00. The van der Waals surface area contributed by atoms with E-state index in [0.29, 0.717) is 17.1 Å². The van der Waals surface area contributed by atoms with Gasteiger partial charge in [0.25, 0.3) is 0 Å². The van der Waals surface area contributed by atoms with Crippen LogP contribution < -0.4 is 10.2 Å². The molecule has 0 spiro atoms. The second-order valence-corrected chi connectivity index (χ2v) is 7.55. The number of nitrogens with zero attached hydrogens (tertiary/aromatic N) is 3. The fraction of sp³-hybridized carbons (Fsp3) is 0.364. The van der Waals surface area contributed by atoms with E-state index in [-0.39, 0.29) is 11.9 Å². The zero-order valence-electron chi connectivity index (χ0n) is 16.1. The number of benzene rings is 2. The van der Waals surface area contributed by atoms with Crippen LogP contribution in [0.3, 0.4) is 0 Å². The Morgan fingerprint density at radius 2 is 1.82 bits per heavy atom. The Balaban J connectivity index is 1.50. The molecule has 1 heterocycles. The van der Waals surface area contributed by atoms with Gasteiger partial charge >= 0.3 is 0 Å². The highest BCUT2D eigenvalue weighted by Crippen LogP contribution is 2.18. The maximum absolute atomic E-state index is 12.5. The molecule has 3 rings (SSSR count). The number of hydrogen-bond donors (Lipinski definition) is 1. The quantitative estimate of drug-likeness (QED) is 0.838. The van der Waals surface area contributed by atoms with Gasteiger partial charge in [-0.05, 0) is 55.3 Å². The normalized spacial score (nSPS) is 16.1. The van der Waals surface area contributed by atoms with Crippen LogP contribution in [-0.2, 0) is 4.79 Å². The molecule has 1 atom stereocenters. The van der Waals surface area contributed by atoms with Gasteiger partial charge in [-0.15, -0.1) is 0 Å². The Kier molecular flexibility index (Phi) is 6.91. The third-order valence-electron chi connectivity index (χ3n) is 5.06. The standard InChI is InChI=1S/C22H25ClN4O/c1-17(19-5-7-20(23)8-6-19)25-22(28)16-26-11-2-12-27(14-13-26)21-9-3-18(15-24)4-10-21/h3-10,17H,2,11-14,16H2,1H3,(H,25,28). The van der Waals surface area contributed by atoms with Crippen molar-refractivity contribution in [3.8, 4) is 6.07 Å². The topological polar surface area (TPSA) is 59.4 Å². The first-order chi connectivity index (χ1) is 13.5. The zero-order valence-corrected chi connectivity index (χ0v) is 16.8. The Labute approximate surface area is 171 Å². The first-order valence-corrected chi connectivity index (χ1v) is 9.95.